The minimum atomic E-state index is 0.238. The largest absolute Gasteiger partial charge is 0.491 e. The van der Waals surface area contributed by atoms with E-state index in [9.17, 15) is 0 Å². The minimum Gasteiger partial charge on any atom is -0.491 e. The molecule has 1 aromatic rings. The van der Waals surface area contributed by atoms with Crippen molar-refractivity contribution < 1.29 is 9.47 Å². The molecule has 0 bridgehead atoms. The highest BCUT2D eigenvalue weighted by Crippen LogP contribution is 2.24. The van der Waals surface area contributed by atoms with Crippen LogP contribution in [0.15, 0.2) is 18.2 Å². The lowest BCUT2D eigenvalue weighted by atomic mass is 10.2. The highest BCUT2D eigenvalue weighted by molar-refractivity contribution is 6.30. The predicted octanol–water partition coefficient (Wildman–Crippen LogP) is 3.40. The summed E-state index contributed by atoms with van der Waals surface area (Å²) in [6.45, 7) is 6.49. The molecule has 0 saturated carbocycles. The van der Waals surface area contributed by atoms with Crippen LogP contribution in [0.5, 0.6) is 5.75 Å². The molecule has 1 aliphatic rings. The fraction of sp³-hybridized carbons (Fsp3) is 0.600. The normalized spacial score (nSPS) is 19.1. The fourth-order valence-corrected chi connectivity index (χ4v) is 2.29. The summed E-state index contributed by atoms with van der Waals surface area (Å²) in [4.78, 5) is 0. The van der Waals surface area contributed by atoms with Crippen LogP contribution in [0, 0.1) is 0 Å². The van der Waals surface area contributed by atoms with Gasteiger partial charge in [-0.1, -0.05) is 25.4 Å². The van der Waals surface area contributed by atoms with Gasteiger partial charge in [-0.15, -0.1) is 0 Å². The van der Waals surface area contributed by atoms with E-state index >= 15 is 0 Å². The van der Waals surface area contributed by atoms with Crippen LogP contribution in [0.25, 0.3) is 0 Å². The van der Waals surface area contributed by atoms with Crippen molar-refractivity contribution in [3.05, 3.63) is 28.8 Å². The second-order valence-electron chi connectivity index (χ2n) is 5.23. The molecule has 0 radical (unpaired) electrons. The number of ether oxygens (including phenoxy) is 2. The monoisotopic (exact) mass is 283 g/mol. The lowest BCUT2D eigenvalue weighted by Gasteiger charge is -2.16. The SMILES string of the molecule is CC(C)NCc1cc(Cl)ccc1OCC1CCCO1. The summed E-state index contributed by atoms with van der Waals surface area (Å²) in [5.74, 6) is 0.896. The van der Waals surface area contributed by atoms with Gasteiger partial charge < -0.3 is 14.8 Å². The van der Waals surface area contributed by atoms with Crippen LogP contribution >= 0.6 is 11.6 Å². The van der Waals surface area contributed by atoms with Gasteiger partial charge in [0, 0.05) is 29.8 Å². The minimum absolute atomic E-state index is 0.238. The Balaban J connectivity index is 1.96. The van der Waals surface area contributed by atoms with Crippen molar-refractivity contribution >= 4 is 11.6 Å². The van der Waals surface area contributed by atoms with E-state index in [0.29, 0.717) is 12.6 Å². The van der Waals surface area contributed by atoms with E-state index in [0.717, 1.165) is 42.3 Å². The first kappa shape index (κ1) is 14.6. The van der Waals surface area contributed by atoms with Crippen molar-refractivity contribution in [1.82, 2.24) is 5.32 Å². The predicted molar refractivity (Wildman–Crippen MR) is 77.9 cm³/mol. The van der Waals surface area contributed by atoms with E-state index in [1.54, 1.807) is 0 Å². The zero-order chi connectivity index (χ0) is 13.7. The Morgan fingerprint density at radius 3 is 3.00 bits per heavy atom. The summed E-state index contributed by atoms with van der Waals surface area (Å²) in [5, 5.41) is 4.13. The highest BCUT2D eigenvalue weighted by atomic mass is 35.5. The molecule has 1 aromatic carbocycles. The summed E-state index contributed by atoms with van der Waals surface area (Å²) >= 11 is 6.05. The van der Waals surface area contributed by atoms with Crippen LogP contribution in [-0.4, -0.2) is 25.4 Å². The smallest absolute Gasteiger partial charge is 0.124 e. The van der Waals surface area contributed by atoms with Gasteiger partial charge in [0.15, 0.2) is 0 Å². The van der Waals surface area contributed by atoms with Gasteiger partial charge >= 0.3 is 0 Å². The molecule has 2 rings (SSSR count). The van der Waals surface area contributed by atoms with Crippen LogP contribution in [0.4, 0.5) is 0 Å². The third-order valence-corrected chi connectivity index (χ3v) is 3.41. The van der Waals surface area contributed by atoms with E-state index in [1.807, 2.05) is 18.2 Å². The quantitative estimate of drug-likeness (QED) is 0.868. The van der Waals surface area contributed by atoms with Crippen molar-refractivity contribution in [2.45, 2.75) is 45.4 Å². The van der Waals surface area contributed by atoms with Crippen molar-refractivity contribution in [2.24, 2.45) is 0 Å². The Morgan fingerprint density at radius 2 is 2.32 bits per heavy atom. The lowest BCUT2D eigenvalue weighted by Crippen LogP contribution is -2.23. The molecule has 0 aromatic heterocycles. The van der Waals surface area contributed by atoms with Gasteiger partial charge in [-0.3, -0.25) is 0 Å². The summed E-state index contributed by atoms with van der Waals surface area (Å²) in [7, 11) is 0. The van der Waals surface area contributed by atoms with Gasteiger partial charge in [0.05, 0.1) is 6.10 Å². The zero-order valence-electron chi connectivity index (χ0n) is 11.6. The van der Waals surface area contributed by atoms with E-state index < -0.39 is 0 Å². The van der Waals surface area contributed by atoms with Gasteiger partial charge in [-0.25, -0.2) is 0 Å². The third kappa shape index (κ3) is 4.68. The summed E-state index contributed by atoms with van der Waals surface area (Å²) in [5.41, 5.74) is 1.10. The number of rotatable bonds is 6. The van der Waals surface area contributed by atoms with Gasteiger partial charge in [-0.2, -0.15) is 0 Å². The van der Waals surface area contributed by atoms with Crippen molar-refractivity contribution in [2.75, 3.05) is 13.2 Å². The molecule has 1 N–H and O–H groups in total. The molecule has 3 nitrogen and oxygen atoms in total. The molecule has 0 aliphatic carbocycles. The molecule has 19 heavy (non-hydrogen) atoms. The number of halogens is 1. The number of hydrogen-bond acceptors (Lipinski definition) is 3. The average molecular weight is 284 g/mol. The first-order chi connectivity index (χ1) is 9.15. The zero-order valence-corrected chi connectivity index (χ0v) is 12.4. The number of benzene rings is 1. The molecular formula is C15H22ClNO2. The molecular weight excluding hydrogens is 262 g/mol. The number of nitrogens with one attached hydrogen (secondary N) is 1. The Bertz CT molecular complexity index is 403. The van der Waals surface area contributed by atoms with Crippen LogP contribution in [0.1, 0.15) is 32.3 Å². The van der Waals surface area contributed by atoms with Crippen molar-refractivity contribution in [1.29, 1.82) is 0 Å². The van der Waals surface area contributed by atoms with E-state index in [1.165, 1.54) is 0 Å². The molecule has 1 heterocycles. The van der Waals surface area contributed by atoms with E-state index in [4.69, 9.17) is 21.1 Å². The van der Waals surface area contributed by atoms with Crippen LogP contribution in [-0.2, 0) is 11.3 Å². The van der Waals surface area contributed by atoms with Gasteiger partial charge in [0.1, 0.15) is 12.4 Å². The maximum absolute atomic E-state index is 6.05. The molecule has 4 heteroatoms. The molecule has 106 valence electrons. The van der Waals surface area contributed by atoms with E-state index in [2.05, 4.69) is 19.2 Å². The van der Waals surface area contributed by atoms with Crippen molar-refractivity contribution in [3.8, 4) is 5.75 Å². The summed E-state index contributed by atoms with van der Waals surface area (Å²) < 4.78 is 11.5. The molecule has 0 amide bonds. The fourth-order valence-electron chi connectivity index (χ4n) is 2.10. The van der Waals surface area contributed by atoms with E-state index in [-0.39, 0.29) is 6.10 Å². The molecule has 1 unspecified atom stereocenters. The first-order valence-corrected chi connectivity index (χ1v) is 7.29. The topological polar surface area (TPSA) is 30.5 Å². The summed E-state index contributed by atoms with van der Waals surface area (Å²) in [6, 6.07) is 6.20. The molecule has 1 saturated heterocycles. The molecule has 1 aliphatic heterocycles. The average Bonchev–Trinajstić information content (AvgIpc) is 2.88. The van der Waals surface area contributed by atoms with Crippen LogP contribution in [0.3, 0.4) is 0 Å². The standard InChI is InChI=1S/C15H22ClNO2/c1-11(2)17-9-12-8-13(16)5-6-15(12)19-10-14-4-3-7-18-14/h5-6,8,11,14,17H,3-4,7,9-10H2,1-2H3. The van der Waals surface area contributed by atoms with Gasteiger partial charge in [-0.05, 0) is 31.0 Å². The van der Waals surface area contributed by atoms with Gasteiger partial charge in [0.25, 0.3) is 0 Å². The highest BCUT2D eigenvalue weighted by Gasteiger charge is 2.16. The Kier molecular flexibility index (Phi) is 5.49. The third-order valence-electron chi connectivity index (χ3n) is 3.17. The van der Waals surface area contributed by atoms with Crippen LogP contribution in [0.2, 0.25) is 5.02 Å². The van der Waals surface area contributed by atoms with Gasteiger partial charge in [0.2, 0.25) is 0 Å². The lowest BCUT2D eigenvalue weighted by molar-refractivity contribution is 0.0676. The summed E-state index contributed by atoms with van der Waals surface area (Å²) in [6.07, 6.45) is 2.46. The molecule has 0 spiro atoms. The van der Waals surface area contributed by atoms with Crippen molar-refractivity contribution in [3.63, 3.8) is 0 Å². The second-order valence-corrected chi connectivity index (χ2v) is 5.67. The molecule has 1 atom stereocenters. The second kappa shape index (κ2) is 7.13. The maximum atomic E-state index is 6.05. The Morgan fingerprint density at radius 1 is 1.47 bits per heavy atom. The van der Waals surface area contributed by atoms with Crippen LogP contribution < -0.4 is 10.1 Å². The maximum Gasteiger partial charge on any atom is 0.124 e. The Hall–Kier alpha value is -0.770. The molecule has 1 fully saturated rings. The first-order valence-electron chi connectivity index (χ1n) is 6.91. The Labute approximate surface area is 120 Å². The number of hydrogen-bond donors (Lipinski definition) is 1.